The van der Waals surface area contributed by atoms with Gasteiger partial charge < -0.3 is 4.74 Å². The van der Waals surface area contributed by atoms with Crippen molar-refractivity contribution in [2.45, 2.75) is 33.1 Å². The quantitative estimate of drug-likeness (QED) is 0.665. The normalized spacial score (nSPS) is 11.9. The van der Waals surface area contributed by atoms with Gasteiger partial charge in [0.05, 0.1) is 18.5 Å². The average molecular weight is 328 g/mol. The van der Waals surface area contributed by atoms with E-state index in [9.17, 15) is 4.79 Å². The van der Waals surface area contributed by atoms with Gasteiger partial charge >= 0.3 is 0 Å². The Labute approximate surface area is 139 Å². The molecule has 0 saturated heterocycles. The van der Waals surface area contributed by atoms with Crippen LogP contribution < -0.4 is 4.74 Å². The van der Waals surface area contributed by atoms with E-state index >= 15 is 0 Å². The molecule has 0 N–H and O–H groups in total. The molecule has 1 aromatic carbocycles. The first-order valence-electron chi connectivity index (χ1n) is 7.48. The van der Waals surface area contributed by atoms with Crippen LogP contribution in [0.1, 0.15) is 41.8 Å². The largest absolute Gasteiger partial charge is 0.497 e. The third kappa shape index (κ3) is 2.55. The summed E-state index contributed by atoms with van der Waals surface area (Å²) in [5, 5.41) is 0. The van der Waals surface area contributed by atoms with E-state index in [1.807, 2.05) is 28.7 Å². The second-order valence-corrected chi connectivity index (χ2v) is 7.75. The molecule has 0 saturated carbocycles. The number of nitrogens with zero attached hydrogens (tertiary/aromatic N) is 2. The predicted octanol–water partition coefficient (Wildman–Crippen LogP) is 4.49. The van der Waals surface area contributed by atoms with E-state index < -0.39 is 0 Å². The summed E-state index contributed by atoms with van der Waals surface area (Å²) in [5.41, 5.74) is 3.39. The number of aldehydes is 1. The zero-order valence-electron chi connectivity index (χ0n) is 14.0. The standard InChI is InChI=1S/C18H20N2O2S/c1-11-15(12-6-8-13(22-5)9-7-12)20-14(10-21)16(18(2,3)4)19-17(20)23-11/h6-10H,1-5H3. The van der Waals surface area contributed by atoms with Crippen molar-refractivity contribution in [1.29, 1.82) is 0 Å². The lowest BCUT2D eigenvalue weighted by Gasteiger charge is -2.16. The van der Waals surface area contributed by atoms with Gasteiger partial charge in [0, 0.05) is 10.3 Å². The number of benzene rings is 1. The molecular weight excluding hydrogens is 308 g/mol. The third-order valence-corrected chi connectivity index (χ3v) is 4.83. The maximum absolute atomic E-state index is 11.8. The van der Waals surface area contributed by atoms with E-state index in [4.69, 9.17) is 9.72 Å². The Kier molecular flexibility index (Phi) is 3.76. The summed E-state index contributed by atoms with van der Waals surface area (Å²) < 4.78 is 7.21. The average Bonchev–Trinajstić information content (AvgIpc) is 3.01. The van der Waals surface area contributed by atoms with Crippen LogP contribution in [0.2, 0.25) is 0 Å². The highest BCUT2D eigenvalue weighted by molar-refractivity contribution is 7.17. The van der Waals surface area contributed by atoms with Crippen molar-refractivity contribution in [1.82, 2.24) is 9.38 Å². The molecule has 2 aromatic heterocycles. The molecule has 23 heavy (non-hydrogen) atoms. The highest BCUT2D eigenvalue weighted by Gasteiger charge is 2.26. The second kappa shape index (κ2) is 5.49. The first-order chi connectivity index (χ1) is 10.9. The minimum Gasteiger partial charge on any atom is -0.497 e. The molecule has 4 nitrogen and oxygen atoms in total. The molecule has 3 aromatic rings. The Morgan fingerprint density at radius 3 is 2.39 bits per heavy atom. The fourth-order valence-corrected chi connectivity index (χ4v) is 3.78. The third-order valence-electron chi connectivity index (χ3n) is 3.87. The summed E-state index contributed by atoms with van der Waals surface area (Å²) in [5.74, 6) is 0.814. The van der Waals surface area contributed by atoms with Crippen molar-refractivity contribution in [2.75, 3.05) is 7.11 Å². The lowest BCUT2D eigenvalue weighted by atomic mass is 9.91. The van der Waals surface area contributed by atoms with Crippen LogP contribution in [0.4, 0.5) is 0 Å². The van der Waals surface area contributed by atoms with Crippen LogP contribution in [0, 0.1) is 6.92 Å². The molecule has 2 heterocycles. The van der Waals surface area contributed by atoms with Crippen molar-refractivity contribution in [2.24, 2.45) is 0 Å². The molecule has 0 unspecified atom stereocenters. The molecule has 0 radical (unpaired) electrons. The molecule has 0 aliphatic rings. The molecular formula is C18H20N2O2S. The lowest BCUT2D eigenvalue weighted by Crippen LogP contribution is -2.15. The number of hydrogen-bond acceptors (Lipinski definition) is 4. The number of aryl methyl sites for hydroxylation is 1. The first kappa shape index (κ1) is 15.7. The Morgan fingerprint density at radius 1 is 1.22 bits per heavy atom. The Hall–Kier alpha value is -2.14. The fraction of sp³-hybridized carbons (Fsp3) is 0.333. The Balaban J connectivity index is 2.29. The summed E-state index contributed by atoms with van der Waals surface area (Å²) in [6.07, 6.45) is 0.916. The van der Waals surface area contributed by atoms with Crippen LogP contribution in [0.25, 0.3) is 16.2 Å². The summed E-state index contributed by atoms with van der Waals surface area (Å²) in [6, 6.07) is 7.89. The molecule has 0 aliphatic heterocycles. The number of ether oxygens (including phenoxy) is 1. The molecule has 5 heteroatoms. The van der Waals surface area contributed by atoms with Crippen molar-refractivity contribution in [3.05, 3.63) is 40.5 Å². The number of rotatable bonds is 3. The minimum absolute atomic E-state index is 0.174. The molecule has 0 amide bonds. The predicted molar refractivity (Wildman–Crippen MR) is 93.9 cm³/mol. The lowest BCUT2D eigenvalue weighted by molar-refractivity contribution is 0.111. The van der Waals surface area contributed by atoms with Crippen molar-refractivity contribution in [3.63, 3.8) is 0 Å². The number of aromatic nitrogens is 2. The van der Waals surface area contributed by atoms with Crippen molar-refractivity contribution in [3.8, 4) is 17.0 Å². The zero-order valence-corrected chi connectivity index (χ0v) is 14.8. The number of fused-ring (bicyclic) bond motifs is 1. The summed E-state index contributed by atoms with van der Waals surface area (Å²) >= 11 is 1.61. The maximum Gasteiger partial charge on any atom is 0.195 e. The van der Waals surface area contributed by atoms with Gasteiger partial charge in [-0.2, -0.15) is 0 Å². The number of carbonyl (C=O) groups is 1. The van der Waals surface area contributed by atoms with E-state index in [-0.39, 0.29) is 5.41 Å². The highest BCUT2D eigenvalue weighted by atomic mass is 32.1. The van der Waals surface area contributed by atoms with Crippen LogP contribution in [-0.4, -0.2) is 22.8 Å². The number of carbonyl (C=O) groups excluding carboxylic acids is 1. The highest BCUT2D eigenvalue weighted by Crippen LogP contribution is 2.36. The Morgan fingerprint density at radius 2 is 1.87 bits per heavy atom. The second-order valence-electron chi connectivity index (χ2n) is 6.57. The van der Waals surface area contributed by atoms with Gasteiger partial charge in [-0.25, -0.2) is 4.98 Å². The number of thiazole rings is 1. The van der Waals surface area contributed by atoms with E-state index in [2.05, 4.69) is 27.7 Å². The molecule has 120 valence electrons. The number of imidazole rings is 1. The molecule has 0 fully saturated rings. The van der Waals surface area contributed by atoms with Crippen LogP contribution in [0.15, 0.2) is 24.3 Å². The van der Waals surface area contributed by atoms with Crippen LogP contribution >= 0.6 is 11.3 Å². The molecule has 0 aliphatic carbocycles. The summed E-state index contributed by atoms with van der Waals surface area (Å²) in [4.78, 5) is 18.5. The van der Waals surface area contributed by atoms with Gasteiger partial charge in [-0.3, -0.25) is 9.20 Å². The van der Waals surface area contributed by atoms with E-state index in [1.165, 1.54) is 0 Å². The number of methoxy groups -OCH3 is 1. The van der Waals surface area contributed by atoms with E-state index in [0.29, 0.717) is 5.69 Å². The summed E-state index contributed by atoms with van der Waals surface area (Å²) in [7, 11) is 1.65. The maximum atomic E-state index is 11.8. The van der Waals surface area contributed by atoms with Crippen LogP contribution in [0.3, 0.4) is 0 Å². The fourth-order valence-electron chi connectivity index (χ4n) is 2.78. The minimum atomic E-state index is -0.174. The zero-order chi connectivity index (χ0) is 16.8. The van der Waals surface area contributed by atoms with Crippen LogP contribution in [-0.2, 0) is 5.41 Å². The monoisotopic (exact) mass is 328 g/mol. The van der Waals surface area contributed by atoms with Crippen molar-refractivity contribution >= 4 is 22.6 Å². The first-order valence-corrected chi connectivity index (χ1v) is 8.30. The van der Waals surface area contributed by atoms with Gasteiger partial charge in [-0.15, -0.1) is 11.3 Å². The van der Waals surface area contributed by atoms with Gasteiger partial charge in [-0.1, -0.05) is 20.8 Å². The van der Waals surface area contributed by atoms with E-state index in [1.54, 1.807) is 18.4 Å². The molecule has 0 atom stereocenters. The van der Waals surface area contributed by atoms with Gasteiger partial charge in [0.1, 0.15) is 11.4 Å². The molecule has 3 rings (SSSR count). The van der Waals surface area contributed by atoms with Gasteiger partial charge in [0.25, 0.3) is 0 Å². The van der Waals surface area contributed by atoms with Gasteiger partial charge in [-0.05, 0) is 36.8 Å². The van der Waals surface area contributed by atoms with Gasteiger partial charge in [0.2, 0.25) is 0 Å². The van der Waals surface area contributed by atoms with E-state index in [0.717, 1.165) is 38.8 Å². The SMILES string of the molecule is COc1ccc(-c2c(C)sc3nc(C(C)(C)C)c(C=O)n23)cc1. The van der Waals surface area contributed by atoms with Crippen molar-refractivity contribution < 1.29 is 9.53 Å². The topological polar surface area (TPSA) is 43.6 Å². The summed E-state index contributed by atoms with van der Waals surface area (Å²) in [6.45, 7) is 8.29. The number of hydrogen-bond donors (Lipinski definition) is 0. The smallest absolute Gasteiger partial charge is 0.195 e. The Bertz CT molecular complexity index is 867. The molecule has 0 spiro atoms. The molecule has 0 bridgehead atoms. The van der Waals surface area contributed by atoms with Gasteiger partial charge in [0.15, 0.2) is 11.2 Å². The van der Waals surface area contributed by atoms with Crippen LogP contribution in [0.5, 0.6) is 5.75 Å².